The van der Waals surface area contributed by atoms with E-state index in [4.69, 9.17) is 4.55 Å². The van der Waals surface area contributed by atoms with Gasteiger partial charge in [0.05, 0.1) is 5.75 Å². The highest BCUT2D eigenvalue weighted by Gasteiger charge is 2.16. The summed E-state index contributed by atoms with van der Waals surface area (Å²) in [6.45, 7) is 7.54. The Hall–Kier alpha value is -1.07. The van der Waals surface area contributed by atoms with E-state index in [0.29, 0.717) is 12.5 Å². The SMILES string of the molecule is CCCCC(CC)CN(CCS(=O)(=O)O)c1cccc(C)c1. The van der Waals surface area contributed by atoms with Crippen molar-refractivity contribution in [2.45, 2.75) is 46.5 Å². The third-order valence-electron chi connectivity index (χ3n) is 4.01. The van der Waals surface area contributed by atoms with Gasteiger partial charge in [-0.05, 0) is 37.0 Å². The molecule has 1 aromatic rings. The van der Waals surface area contributed by atoms with E-state index in [0.717, 1.165) is 30.6 Å². The molecule has 1 unspecified atom stereocenters. The summed E-state index contributed by atoms with van der Waals surface area (Å²) in [7, 11) is -3.94. The fraction of sp³-hybridized carbons (Fsp3) is 0.647. The van der Waals surface area contributed by atoms with Crippen LogP contribution < -0.4 is 4.90 Å². The Balaban J connectivity index is 2.85. The summed E-state index contributed by atoms with van der Waals surface area (Å²) in [5.74, 6) is 0.312. The van der Waals surface area contributed by atoms with E-state index in [1.165, 1.54) is 12.8 Å². The summed E-state index contributed by atoms with van der Waals surface area (Å²) in [6.07, 6.45) is 4.60. The standard InChI is InChI=1S/C17H29NO3S/c1-4-6-9-16(5-2)14-18(11-12-22(19,20)21)17-10-7-8-15(3)13-17/h7-8,10,13,16H,4-6,9,11-12,14H2,1-3H3,(H,19,20,21). The van der Waals surface area contributed by atoms with E-state index < -0.39 is 10.1 Å². The van der Waals surface area contributed by atoms with Crippen molar-refractivity contribution < 1.29 is 13.0 Å². The molecule has 126 valence electrons. The van der Waals surface area contributed by atoms with Crippen LogP contribution in [0.2, 0.25) is 0 Å². The molecule has 0 heterocycles. The summed E-state index contributed by atoms with van der Waals surface area (Å²) < 4.78 is 31.2. The van der Waals surface area contributed by atoms with Crippen LogP contribution in [0.4, 0.5) is 5.69 Å². The molecule has 4 nitrogen and oxygen atoms in total. The molecule has 1 aromatic carbocycles. The van der Waals surface area contributed by atoms with Crippen molar-refractivity contribution in [3.05, 3.63) is 29.8 Å². The van der Waals surface area contributed by atoms with Gasteiger partial charge in [0.2, 0.25) is 0 Å². The molecule has 0 bridgehead atoms. The summed E-state index contributed by atoms with van der Waals surface area (Å²) in [4.78, 5) is 2.09. The second kappa shape index (κ2) is 9.16. The van der Waals surface area contributed by atoms with E-state index in [1.54, 1.807) is 0 Å². The molecule has 1 N–H and O–H groups in total. The molecule has 0 fully saturated rings. The first-order valence-corrected chi connectivity index (χ1v) is 9.73. The lowest BCUT2D eigenvalue weighted by Crippen LogP contribution is -2.33. The van der Waals surface area contributed by atoms with Gasteiger partial charge < -0.3 is 4.90 Å². The first-order valence-electron chi connectivity index (χ1n) is 8.12. The minimum atomic E-state index is -3.94. The summed E-state index contributed by atoms with van der Waals surface area (Å²) in [5, 5.41) is 0. The van der Waals surface area contributed by atoms with Crippen molar-refractivity contribution in [3.63, 3.8) is 0 Å². The second-order valence-corrected chi connectivity index (χ2v) is 7.56. The summed E-state index contributed by atoms with van der Waals surface area (Å²) in [5.41, 5.74) is 2.18. The Labute approximate surface area is 135 Å². The highest BCUT2D eigenvalue weighted by Crippen LogP contribution is 2.21. The highest BCUT2D eigenvalue weighted by molar-refractivity contribution is 7.85. The predicted octanol–water partition coefficient (Wildman–Crippen LogP) is 3.91. The van der Waals surface area contributed by atoms with Crippen LogP contribution in [-0.4, -0.2) is 31.8 Å². The molecule has 0 aliphatic carbocycles. The van der Waals surface area contributed by atoms with Crippen LogP contribution in [-0.2, 0) is 10.1 Å². The lowest BCUT2D eigenvalue weighted by molar-refractivity contribution is 0.445. The lowest BCUT2D eigenvalue weighted by atomic mass is 9.98. The number of hydrogen-bond acceptors (Lipinski definition) is 3. The fourth-order valence-corrected chi connectivity index (χ4v) is 3.06. The van der Waals surface area contributed by atoms with Crippen LogP contribution in [0.1, 0.15) is 45.1 Å². The van der Waals surface area contributed by atoms with E-state index in [1.807, 2.05) is 25.1 Å². The van der Waals surface area contributed by atoms with Gasteiger partial charge in [0.25, 0.3) is 10.1 Å². The molecule has 0 aliphatic rings. The third-order valence-corrected chi connectivity index (χ3v) is 4.71. The second-order valence-electron chi connectivity index (χ2n) is 5.99. The molecule has 0 spiro atoms. The fourth-order valence-electron chi connectivity index (χ4n) is 2.60. The first kappa shape index (κ1) is 19.0. The van der Waals surface area contributed by atoms with E-state index in [9.17, 15) is 8.42 Å². The van der Waals surface area contributed by atoms with Crippen LogP contribution in [0, 0.1) is 12.8 Å². The maximum absolute atomic E-state index is 11.1. The van der Waals surface area contributed by atoms with Crippen LogP contribution in [0.5, 0.6) is 0 Å². The van der Waals surface area contributed by atoms with Gasteiger partial charge in [-0.2, -0.15) is 8.42 Å². The number of hydrogen-bond donors (Lipinski definition) is 1. The van der Waals surface area contributed by atoms with Gasteiger partial charge >= 0.3 is 0 Å². The van der Waals surface area contributed by atoms with Crippen molar-refractivity contribution in [1.82, 2.24) is 0 Å². The van der Waals surface area contributed by atoms with Crippen LogP contribution in [0.3, 0.4) is 0 Å². The van der Waals surface area contributed by atoms with Crippen molar-refractivity contribution in [2.75, 3.05) is 23.7 Å². The molecule has 5 heteroatoms. The molecule has 0 aromatic heterocycles. The van der Waals surface area contributed by atoms with Gasteiger partial charge in [0.1, 0.15) is 0 Å². The molecule has 1 rings (SSSR count). The number of rotatable bonds is 10. The molecule has 0 aliphatic heterocycles. The molecule has 0 amide bonds. The quantitative estimate of drug-likeness (QED) is 0.662. The highest BCUT2D eigenvalue weighted by atomic mass is 32.2. The average molecular weight is 327 g/mol. The normalized spacial score (nSPS) is 13.1. The lowest BCUT2D eigenvalue weighted by Gasteiger charge is -2.29. The minimum Gasteiger partial charge on any atom is -0.370 e. The van der Waals surface area contributed by atoms with Gasteiger partial charge in [-0.25, -0.2) is 0 Å². The largest absolute Gasteiger partial charge is 0.370 e. The smallest absolute Gasteiger partial charge is 0.266 e. The Morgan fingerprint density at radius 1 is 1.27 bits per heavy atom. The van der Waals surface area contributed by atoms with E-state index in [-0.39, 0.29) is 5.75 Å². The topological polar surface area (TPSA) is 57.6 Å². The zero-order valence-electron chi connectivity index (χ0n) is 14.0. The number of aryl methyl sites for hydroxylation is 1. The zero-order valence-corrected chi connectivity index (χ0v) is 14.8. The van der Waals surface area contributed by atoms with Gasteiger partial charge in [0.15, 0.2) is 0 Å². The van der Waals surface area contributed by atoms with Crippen LogP contribution in [0.15, 0.2) is 24.3 Å². The number of anilines is 1. The number of benzene rings is 1. The van der Waals surface area contributed by atoms with Gasteiger partial charge in [0, 0.05) is 18.8 Å². The van der Waals surface area contributed by atoms with Gasteiger partial charge in [-0.1, -0.05) is 45.2 Å². The zero-order chi connectivity index (χ0) is 16.6. The summed E-state index contributed by atoms with van der Waals surface area (Å²) in [6, 6.07) is 8.08. The maximum Gasteiger partial charge on any atom is 0.266 e. The Bertz CT molecular complexity index is 543. The van der Waals surface area contributed by atoms with Gasteiger partial charge in [-0.15, -0.1) is 0 Å². The molecule has 1 atom stereocenters. The molecule has 0 radical (unpaired) electrons. The first-order chi connectivity index (χ1) is 10.4. The molecular formula is C17H29NO3S. The number of nitrogens with zero attached hydrogens (tertiary/aromatic N) is 1. The predicted molar refractivity (Wildman–Crippen MR) is 93.1 cm³/mol. The molecule has 22 heavy (non-hydrogen) atoms. The van der Waals surface area contributed by atoms with Crippen molar-refractivity contribution >= 4 is 15.8 Å². The van der Waals surface area contributed by atoms with Crippen LogP contribution >= 0.6 is 0 Å². The number of unbranched alkanes of at least 4 members (excludes halogenated alkanes) is 1. The monoisotopic (exact) mass is 327 g/mol. The van der Waals surface area contributed by atoms with E-state index >= 15 is 0 Å². The minimum absolute atomic E-state index is 0.231. The summed E-state index contributed by atoms with van der Waals surface area (Å²) >= 11 is 0. The Morgan fingerprint density at radius 3 is 2.55 bits per heavy atom. The molecule has 0 saturated carbocycles. The van der Waals surface area contributed by atoms with Crippen molar-refractivity contribution in [3.8, 4) is 0 Å². The molecular weight excluding hydrogens is 298 g/mol. The van der Waals surface area contributed by atoms with Crippen molar-refractivity contribution in [1.29, 1.82) is 0 Å². The third kappa shape index (κ3) is 7.27. The van der Waals surface area contributed by atoms with Crippen LogP contribution in [0.25, 0.3) is 0 Å². The van der Waals surface area contributed by atoms with Crippen molar-refractivity contribution in [2.24, 2.45) is 5.92 Å². The maximum atomic E-state index is 11.1. The Kier molecular flexibility index (Phi) is 7.90. The Morgan fingerprint density at radius 2 is 2.00 bits per heavy atom. The molecule has 0 saturated heterocycles. The average Bonchev–Trinajstić information content (AvgIpc) is 2.45. The van der Waals surface area contributed by atoms with Gasteiger partial charge in [-0.3, -0.25) is 4.55 Å². The van der Waals surface area contributed by atoms with E-state index in [2.05, 4.69) is 24.8 Å².